The molecular formula is C11H12N2O3. The number of aliphatic imine (C=N–C) groups is 1. The summed E-state index contributed by atoms with van der Waals surface area (Å²) in [7, 11) is 0. The largest absolute Gasteiger partial charge is 0.462 e. The summed E-state index contributed by atoms with van der Waals surface area (Å²) in [5, 5.41) is 0. The Morgan fingerprint density at radius 2 is 2.38 bits per heavy atom. The van der Waals surface area contributed by atoms with Crippen molar-refractivity contribution in [3.05, 3.63) is 23.9 Å². The molecule has 0 aromatic carbocycles. The van der Waals surface area contributed by atoms with Gasteiger partial charge in [0.15, 0.2) is 5.82 Å². The van der Waals surface area contributed by atoms with Crippen molar-refractivity contribution in [2.45, 2.75) is 19.8 Å². The Morgan fingerprint density at radius 1 is 1.56 bits per heavy atom. The molecule has 1 aromatic rings. The molecule has 1 aromatic heterocycles. The molecule has 0 unspecified atom stereocenters. The summed E-state index contributed by atoms with van der Waals surface area (Å²) in [6, 6.07) is 2.97. The quantitative estimate of drug-likeness (QED) is 0.329. The molecule has 84 valence electrons. The number of unbranched alkanes of at least 4 members (excludes halogenated alkanes) is 1. The van der Waals surface area contributed by atoms with Crippen molar-refractivity contribution >= 4 is 17.9 Å². The van der Waals surface area contributed by atoms with Gasteiger partial charge in [-0.1, -0.05) is 13.3 Å². The predicted molar refractivity (Wildman–Crippen MR) is 57.2 cm³/mol. The third-order valence-corrected chi connectivity index (χ3v) is 1.87. The van der Waals surface area contributed by atoms with Crippen LogP contribution in [0.3, 0.4) is 0 Å². The molecule has 0 N–H and O–H groups in total. The Morgan fingerprint density at radius 3 is 2.94 bits per heavy atom. The van der Waals surface area contributed by atoms with Crippen LogP contribution >= 0.6 is 0 Å². The Bertz CT molecular complexity index is 394. The van der Waals surface area contributed by atoms with E-state index >= 15 is 0 Å². The Kier molecular flexibility index (Phi) is 4.89. The topological polar surface area (TPSA) is 68.6 Å². The summed E-state index contributed by atoms with van der Waals surface area (Å²) in [6.45, 7) is 2.42. The van der Waals surface area contributed by atoms with Crippen LogP contribution in [0.25, 0.3) is 0 Å². The molecule has 0 amide bonds. The van der Waals surface area contributed by atoms with E-state index in [1.165, 1.54) is 24.4 Å². The predicted octanol–water partition coefficient (Wildman–Crippen LogP) is 2.01. The number of hydrogen-bond donors (Lipinski definition) is 0. The van der Waals surface area contributed by atoms with Gasteiger partial charge in [0.25, 0.3) is 0 Å². The van der Waals surface area contributed by atoms with E-state index in [0.717, 1.165) is 12.8 Å². The highest BCUT2D eigenvalue weighted by molar-refractivity contribution is 5.89. The van der Waals surface area contributed by atoms with Crippen LogP contribution in [0.4, 0.5) is 5.82 Å². The molecule has 0 aliphatic carbocycles. The van der Waals surface area contributed by atoms with Crippen molar-refractivity contribution in [1.82, 2.24) is 4.98 Å². The van der Waals surface area contributed by atoms with Crippen LogP contribution in [-0.4, -0.2) is 23.6 Å². The number of nitrogens with zero attached hydrogens (tertiary/aromatic N) is 2. The Labute approximate surface area is 93.2 Å². The number of pyridine rings is 1. The first-order chi connectivity index (χ1) is 7.77. The second-order valence-electron chi connectivity index (χ2n) is 3.10. The van der Waals surface area contributed by atoms with E-state index in [0.29, 0.717) is 12.2 Å². The summed E-state index contributed by atoms with van der Waals surface area (Å²) >= 11 is 0. The molecule has 1 heterocycles. The van der Waals surface area contributed by atoms with E-state index in [2.05, 4.69) is 9.98 Å². The molecule has 5 heteroatoms. The molecule has 0 saturated carbocycles. The van der Waals surface area contributed by atoms with Crippen LogP contribution < -0.4 is 0 Å². The molecule has 0 atom stereocenters. The van der Waals surface area contributed by atoms with Crippen molar-refractivity contribution in [2.75, 3.05) is 6.61 Å². The van der Waals surface area contributed by atoms with Crippen LogP contribution in [-0.2, 0) is 9.53 Å². The second kappa shape index (κ2) is 6.48. The van der Waals surface area contributed by atoms with Crippen LogP contribution in [0.1, 0.15) is 30.1 Å². The Balaban J connectivity index is 2.59. The number of isocyanates is 1. The average molecular weight is 220 g/mol. The highest BCUT2D eigenvalue weighted by Crippen LogP contribution is 2.08. The van der Waals surface area contributed by atoms with E-state index in [4.69, 9.17) is 4.74 Å². The van der Waals surface area contributed by atoms with Gasteiger partial charge in [0.05, 0.1) is 12.2 Å². The summed E-state index contributed by atoms with van der Waals surface area (Å²) in [4.78, 5) is 28.5. The van der Waals surface area contributed by atoms with Gasteiger partial charge in [-0.2, -0.15) is 0 Å². The van der Waals surface area contributed by atoms with Crippen LogP contribution in [0.2, 0.25) is 0 Å². The van der Waals surface area contributed by atoms with Gasteiger partial charge in [-0.25, -0.2) is 14.6 Å². The molecule has 0 saturated heterocycles. The second-order valence-corrected chi connectivity index (χ2v) is 3.10. The lowest BCUT2D eigenvalue weighted by atomic mass is 10.3. The van der Waals surface area contributed by atoms with E-state index in [1.54, 1.807) is 0 Å². The van der Waals surface area contributed by atoms with Gasteiger partial charge < -0.3 is 4.74 Å². The minimum absolute atomic E-state index is 0.222. The maximum atomic E-state index is 11.4. The minimum Gasteiger partial charge on any atom is -0.462 e. The number of carbonyl (C=O) groups excluding carboxylic acids is 2. The van der Waals surface area contributed by atoms with Gasteiger partial charge in [0, 0.05) is 6.20 Å². The lowest BCUT2D eigenvalue weighted by Crippen LogP contribution is -2.06. The fourth-order valence-corrected chi connectivity index (χ4v) is 1.01. The first-order valence-corrected chi connectivity index (χ1v) is 4.99. The number of carbonyl (C=O) groups is 1. The van der Waals surface area contributed by atoms with Crippen molar-refractivity contribution in [3.63, 3.8) is 0 Å². The molecule has 0 bridgehead atoms. The number of aromatic nitrogens is 1. The highest BCUT2D eigenvalue weighted by Gasteiger charge is 2.06. The van der Waals surface area contributed by atoms with Gasteiger partial charge in [-0.15, -0.1) is 4.99 Å². The molecule has 5 nitrogen and oxygen atoms in total. The van der Waals surface area contributed by atoms with Gasteiger partial charge in [-0.3, -0.25) is 0 Å². The summed E-state index contributed by atoms with van der Waals surface area (Å²) in [5.74, 6) is -0.192. The van der Waals surface area contributed by atoms with Crippen LogP contribution in [0.5, 0.6) is 0 Å². The average Bonchev–Trinajstić information content (AvgIpc) is 2.30. The fourth-order valence-electron chi connectivity index (χ4n) is 1.01. The van der Waals surface area contributed by atoms with Gasteiger partial charge in [0.2, 0.25) is 6.08 Å². The molecule has 0 spiro atoms. The molecule has 0 fully saturated rings. The van der Waals surface area contributed by atoms with E-state index in [1.807, 2.05) is 6.92 Å². The van der Waals surface area contributed by atoms with Crippen LogP contribution in [0.15, 0.2) is 23.3 Å². The van der Waals surface area contributed by atoms with Gasteiger partial charge in [0.1, 0.15) is 0 Å². The van der Waals surface area contributed by atoms with Crippen molar-refractivity contribution in [2.24, 2.45) is 4.99 Å². The minimum atomic E-state index is -0.414. The van der Waals surface area contributed by atoms with Gasteiger partial charge in [-0.05, 0) is 18.6 Å². The van der Waals surface area contributed by atoms with Gasteiger partial charge >= 0.3 is 5.97 Å². The standard InChI is InChI=1S/C11H12N2O3/c1-2-3-6-16-11(15)9-4-5-10(12-7-9)13-8-14/h4-5,7H,2-3,6H2,1H3. The third kappa shape index (κ3) is 3.63. The fraction of sp³-hybridized carbons (Fsp3) is 0.364. The lowest BCUT2D eigenvalue weighted by Gasteiger charge is -2.02. The molecule has 0 radical (unpaired) electrons. The maximum Gasteiger partial charge on any atom is 0.339 e. The zero-order chi connectivity index (χ0) is 11.8. The number of esters is 1. The van der Waals surface area contributed by atoms with Crippen molar-refractivity contribution < 1.29 is 14.3 Å². The molecule has 16 heavy (non-hydrogen) atoms. The number of ether oxygens (including phenoxy) is 1. The smallest absolute Gasteiger partial charge is 0.339 e. The van der Waals surface area contributed by atoms with Crippen molar-refractivity contribution in [1.29, 1.82) is 0 Å². The summed E-state index contributed by atoms with van der Waals surface area (Å²) in [6.07, 6.45) is 4.51. The van der Waals surface area contributed by atoms with Crippen LogP contribution in [0, 0.1) is 0 Å². The number of rotatable bonds is 5. The molecule has 1 rings (SSSR count). The zero-order valence-electron chi connectivity index (χ0n) is 8.97. The van der Waals surface area contributed by atoms with E-state index in [9.17, 15) is 9.59 Å². The Hall–Kier alpha value is -2.00. The number of hydrogen-bond acceptors (Lipinski definition) is 5. The first-order valence-electron chi connectivity index (χ1n) is 4.99. The molecular weight excluding hydrogens is 208 g/mol. The normalized spacial score (nSPS) is 9.31. The third-order valence-electron chi connectivity index (χ3n) is 1.87. The highest BCUT2D eigenvalue weighted by atomic mass is 16.5. The van der Waals surface area contributed by atoms with E-state index in [-0.39, 0.29) is 5.82 Å². The van der Waals surface area contributed by atoms with Crippen molar-refractivity contribution in [3.8, 4) is 0 Å². The first kappa shape index (κ1) is 12.1. The molecule has 0 aliphatic heterocycles. The monoisotopic (exact) mass is 220 g/mol. The zero-order valence-corrected chi connectivity index (χ0v) is 8.97. The lowest BCUT2D eigenvalue weighted by molar-refractivity contribution is 0.0499. The SMILES string of the molecule is CCCCOC(=O)c1ccc(N=C=O)nc1. The summed E-state index contributed by atoms with van der Waals surface area (Å²) in [5.41, 5.74) is 0.348. The van der Waals surface area contributed by atoms with E-state index < -0.39 is 5.97 Å². The maximum absolute atomic E-state index is 11.4. The molecule has 0 aliphatic rings. The summed E-state index contributed by atoms with van der Waals surface area (Å²) < 4.78 is 4.98.